The van der Waals surface area contributed by atoms with E-state index in [2.05, 4.69) is 10.3 Å². The second-order valence-corrected chi connectivity index (χ2v) is 7.89. The van der Waals surface area contributed by atoms with E-state index in [-0.39, 0.29) is 18.4 Å². The molecule has 0 aromatic carbocycles. The third-order valence-corrected chi connectivity index (χ3v) is 6.05. The Hall–Kier alpha value is -2.15. The number of hydrogen-bond donors (Lipinski definition) is 1. The first-order valence-corrected chi connectivity index (χ1v) is 9.82. The third kappa shape index (κ3) is 3.29. The normalized spacial score (nSPS) is 25.1. The Morgan fingerprint density at radius 2 is 2.19 bits per heavy atom. The molecule has 2 aliphatic heterocycles. The van der Waals surface area contributed by atoms with Crippen LogP contribution in [0.3, 0.4) is 0 Å². The highest BCUT2D eigenvalue weighted by Gasteiger charge is 2.38. The zero-order valence-electron chi connectivity index (χ0n) is 16.0. The fourth-order valence-corrected chi connectivity index (χ4v) is 4.40. The van der Waals surface area contributed by atoms with Gasteiger partial charge in [0.25, 0.3) is 11.8 Å². The van der Waals surface area contributed by atoms with Gasteiger partial charge in [-0.05, 0) is 38.7 Å². The standard InChI is InChI=1S/C20H27N3O4/c1-20(8-5-9-27-20)19(25)21-11-13-10-15-16(22-17(13)26-2)12-23(18(15)24)14-6-3-4-7-14/h10,14H,3-9,11-12H2,1-2H3,(H,21,25)/t20-/m1/s1. The number of amides is 2. The van der Waals surface area contributed by atoms with E-state index < -0.39 is 5.60 Å². The van der Waals surface area contributed by atoms with Crippen molar-refractivity contribution >= 4 is 11.8 Å². The SMILES string of the molecule is COc1nc2c(cc1CNC(=O)[C@@]1(C)CCCO1)C(=O)N(C1CCCC1)C2. The largest absolute Gasteiger partial charge is 0.481 e. The van der Waals surface area contributed by atoms with Crippen LogP contribution in [0.5, 0.6) is 5.88 Å². The van der Waals surface area contributed by atoms with Crippen molar-refractivity contribution in [2.75, 3.05) is 13.7 Å². The van der Waals surface area contributed by atoms with E-state index in [1.807, 2.05) is 17.9 Å². The Labute approximate surface area is 159 Å². The molecule has 27 heavy (non-hydrogen) atoms. The molecule has 1 atom stereocenters. The molecule has 1 aliphatic carbocycles. The summed E-state index contributed by atoms with van der Waals surface area (Å²) in [5, 5.41) is 2.92. The Bertz CT molecular complexity index is 752. The van der Waals surface area contributed by atoms with Gasteiger partial charge in [0, 0.05) is 24.8 Å². The van der Waals surface area contributed by atoms with Crippen molar-refractivity contribution in [3.63, 3.8) is 0 Å². The lowest BCUT2D eigenvalue weighted by Gasteiger charge is -2.22. The molecular weight excluding hydrogens is 346 g/mol. The highest BCUT2D eigenvalue weighted by atomic mass is 16.5. The second kappa shape index (κ2) is 7.11. The molecule has 7 nitrogen and oxygen atoms in total. The van der Waals surface area contributed by atoms with Crippen LogP contribution in [-0.2, 0) is 22.6 Å². The topological polar surface area (TPSA) is 80.8 Å². The van der Waals surface area contributed by atoms with Crippen LogP contribution in [0.1, 0.15) is 67.1 Å². The number of aromatic nitrogens is 1. The lowest BCUT2D eigenvalue weighted by Crippen LogP contribution is -2.43. The number of nitrogens with zero attached hydrogens (tertiary/aromatic N) is 2. The zero-order valence-corrected chi connectivity index (χ0v) is 16.0. The maximum atomic E-state index is 12.9. The fraction of sp³-hybridized carbons (Fsp3) is 0.650. The lowest BCUT2D eigenvalue weighted by atomic mass is 10.0. The van der Waals surface area contributed by atoms with Crippen molar-refractivity contribution in [3.8, 4) is 5.88 Å². The fourth-order valence-electron chi connectivity index (χ4n) is 4.40. The van der Waals surface area contributed by atoms with Gasteiger partial charge in [-0.15, -0.1) is 0 Å². The smallest absolute Gasteiger partial charge is 0.256 e. The number of nitrogens with one attached hydrogen (secondary N) is 1. The summed E-state index contributed by atoms with van der Waals surface area (Å²) >= 11 is 0. The van der Waals surface area contributed by atoms with Gasteiger partial charge in [-0.3, -0.25) is 9.59 Å². The number of pyridine rings is 1. The van der Waals surface area contributed by atoms with Crippen LogP contribution in [-0.4, -0.2) is 47.1 Å². The minimum absolute atomic E-state index is 0.0470. The Balaban J connectivity index is 1.51. The highest BCUT2D eigenvalue weighted by Crippen LogP contribution is 2.33. The van der Waals surface area contributed by atoms with Gasteiger partial charge in [-0.2, -0.15) is 0 Å². The van der Waals surface area contributed by atoms with Gasteiger partial charge in [-0.25, -0.2) is 4.98 Å². The van der Waals surface area contributed by atoms with E-state index in [0.29, 0.717) is 42.6 Å². The zero-order chi connectivity index (χ0) is 19.0. The first kappa shape index (κ1) is 18.2. The Morgan fingerprint density at radius 3 is 2.85 bits per heavy atom. The summed E-state index contributed by atoms with van der Waals surface area (Å²) in [5.41, 5.74) is 1.35. The molecular formula is C20H27N3O4. The molecule has 2 fully saturated rings. The Kier molecular flexibility index (Phi) is 4.80. The van der Waals surface area contributed by atoms with Gasteiger partial charge in [0.2, 0.25) is 5.88 Å². The number of ether oxygens (including phenoxy) is 2. The van der Waals surface area contributed by atoms with Crippen LogP contribution in [0.25, 0.3) is 0 Å². The van der Waals surface area contributed by atoms with Crippen LogP contribution in [0.4, 0.5) is 0 Å². The Morgan fingerprint density at radius 1 is 1.41 bits per heavy atom. The van der Waals surface area contributed by atoms with E-state index in [1.165, 1.54) is 12.8 Å². The summed E-state index contributed by atoms with van der Waals surface area (Å²) in [6.07, 6.45) is 6.10. The minimum Gasteiger partial charge on any atom is -0.481 e. The van der Waals surface area contributed by atoms with Gasteiger partial charge in [0.1, 0.15) is 5.60 Å². The molecule has 1 saturated heterocycles. The van der Waals surface area contributed by atoms with Crippen LogP contribution in [0, 0.1) is 0 Å². The summed E-state index contributed by atoms with van der Waals surface area (Å²) in [6.45, 7) is 3.24. The highest BCUT2D eigenvalue weighted by molar-refractivity contribution is 5.98. The molecule has 146 valence electrons. The molecule has 1 aromatic heterocycles. The monoisotopic (exact) mass is 373 g/mol. The molecule has 4 rings (SSSR count). The van der Waals surface area contributed by atoms with Gasteiger partial charge in [-0.1, -0.05) is 12.8 Å². The molecule has 1 saturated carbocycles. The quantitative estimate of drug-likeness (QED) is 0.856. The number of rotatable bonds is 5. The first-order valence-electron chi connectivity index (χ1n) is 9.82. The van der Waals surface area contributed by atoms with Gasteiger partial charge < -0.3 is 19.7 Å². The average Bonchev–Trinajstić information content (AvgIpc) is 3.40. The molecule has 7 heteroatoms. The molecule has 0 bridgehead atoms. The number of fused-ring (bicyclic) bond motifs is 1. The summed E-state index contributed by atoms with van der Waals surface area (Å²) in [7, 11) is 1.56. The van der Waals surface area contributed by atoms with Crippen molar-refractivity contribution in [2.24, 2.45) is 0 Å². The van der Waals surface area contributed by atoms with Gasteiger partial charge >= 0.3 is 0 Å². The second-order valence-electron chi connectivity index (χ2n) is 7.89. The van der Waals surface area contributed by atoms with Crippen molar-refractivity contribution in [1.82, 2.24) is 15.2 Å². The first-order chi connectivity index (χ1) is 13.0. The molecule has 2 amide bonds. The van der Waals surface area contributed by atoms with Crippen molar-refractivity contribution in [1.29, 1.82) is 0 Å². The average molecular weight is 373 g/mol. The molecule has 3 aliphatic rings. The van der Waals surface area contributed by atoms with Gasteiger partial charge in [0.15, 0.2) is 0 Å². The van der Waals surface area contributed by atoms with Gasteiger partial charge in [0.05, 0.1) is 24.9 Å². The van der Waals surface area contributed by atoms with Crippen LogP contribution < -0.4 is 10.1 Å². The number of carbonyl (C=O) groups excluding carboxylic acids is 2. The molecule has 1 N–H and O–H groups in total. The molecule has 0 radical (unpaired) electrons. The third-order valence-electron chi connectivity index (χ3n) is 6.05. The summed E-state index contributed by atoms with van der Waals surface area (Å²) < 4.78 is 11.0. The number of methoxy groups -OCH3 is 1. The van der Waals surface area contributed by atoms with E-state index in [1.54, 1.807) is 7.11 Å². The predicted octanol–water partition coefficient (Wildman–Crippen LogP) is 2.17. The van der Waals surface area contributed by atoms with Crippen LogP contribution in [0.15, 0.2) is 6.07 Å². The molecule has 1 aromatic rings. The summed E-state index contributed by atoms with van der Waals surface area (Å²) in [5.74, 6) is 0.375. The van der Waals surface area contributed by atoms with Crippen molar-refractivity contribution in [2.45, 2.75) is 70.2 Å². The maximum Gasteiger partial charge on any atom is 0.256 e. The van der Waals surface area contributed by atoms with E-state index in [9.17, 15) is 9.59 Å². The lowest BCUT2D eigenvalue weighted by molar-refractivity contribution is -0.139. The van der Waals surface area contributed by atoms with E-state index in [0.717, 1.165) is 25.0 Å². The van der Waals surface area contributed by atoms with E-state index >= 15 is 0 Å². The van der Waals surface area contributed by atoms with Crippen molar-refractivity contribution < 1.29 is 19.1 Å². The molecule has 0 unspecified atom stereocenters. The maximum absolute atomic E-state index is 12.9. The van der Waals surface area contributed by atoms with E-state index in [4.69, 9.17) is 9.47 Å². The number of carbonyl (C=O) groups is 2. The molecule has 0 spiro atoms. The van der Waals surface area contributed by atoms with Crippen LogP contribution in [0.2, 0.25) is 0 Å². The van der Waals surface area contributed by atoms with Crippen molar-refractivity contribution in [3.05, 3.63) is 22.9 Å². The summed E-state index contributed by atoms with van der Waals surface area (Å²) in [4.78, 5) is 31.9. The predicted molar refractivity (Wildman–Crippen MR) is 98.4 cm³/mol. The van der Waals surface area contributed by atoms with Crippen LogP contribution >= 0.6 is 0 Å². The summed E-state index contributed by atoms with van der Waals surface area (Å²) in [6, 6.07) is 2.15. The number of hydrogen-bond acceptors (Lipinski definition) is 5. The minimum atomic E-state index is -0.771. The molecule has 3 heterocycles.